The van der Waals surface area contributed by atoms with Gasteiger partial charge in [0.15, 0.2) is 0 Å². The lowest BCUT2D eigenvalue weighted by molar-refractivity contribution is 0.236. The predicted molar refractivity (Wildman–Crippen MR) is 109 cm³/mol. The highest BCUT2D eigenvalue weighted by atomic mass is 35.5. The molecule has 136 valence electrons. The van der Waals surface area contributed by atoms with E-state index in [-0.39, 0.29) is 11.8 Å². The molecule has 0 radical (unpaired) electrons. The number of nitrogens with two attached hydrogens (primary N) is 2. The van der Waals surface area contributed by atoms with Gasteiger partial charge in [-0.15, -0.1) is 6.42 Å². The number of allylic oxidation sites excluding steroid dienone is 2. The molecule has 0 aromatic heterocycles. The summed E-state index contributed by atoms with van der Waals surface area (Å²) in [5.41, 5.74) is 15.1. The van der Waals surface area contributed by atoms with E-state index >= 15 is 0 Å². The first-order valence-electron chi connectivity index (χ1n) is 8.57. The van der Waals surface area contributed by atoms with Crippen molar-refractivity contribution in [2.45, 2.75) is 18.8 Å². The van der Waals surface area contributed by atoms with Gasteiger partial charge >= 0.3 is 0 Å². The van der Waals surface area contributed by atoms with Crippen molar-refractivity contribution in [3.8, 4) is 12.3 Å². The largest absolute Gasteiger partial charge is 0.404 e. The van der Waals surface area contributed by atoms with E-state index in [1.54, 1.807) is 18.2 Å². The van der Waals surface area contributed by atoms with Crippen LogP contribution in [0.4, 0.5) is 0 Å². The molecule has 26 heavy (non-hydrogen) atoms. The van der Waals surface area contributed by atoms with Crippen LogP contribution in [0.25, 0.3) is 0 Å². The van der Waals surface area contributed by atoms with Crippen LogP contribution in [0, 0.1) is 18.3 Å². The predicted octanol–water partition coefficient (Wildman–Crippen LogP) is 3.52. The van der Waals surface area contributed by atoms with Crippen LogP contribution in [-0.4, -0.2) is 30.9 Å². The van der Waals surface area contributed by atoms with Crippen molar-refractivity contribution in [3.05, 3.63) is 56.9 Å². The minimum atomic E-state index is -0.377. The van der Waals surface area contributed by atoms with E-state index in [2.05, 4.69) is 22.9 Å². The van der Waals surface area contributed by atoms with Crippen LogP contribution in [0.5, 0.6) is 0 Å². The summed E-state index contributed by atoms with van der Waals surface area (Å²) in [6.07, 6.45) is 9.35. The third-order valence-corrected chi connectivity index (χ3v) is 5.80. The first kappa shape index (κ1) is 18.8. The third-order valence-electron chi connectivity index (χ3n) is 5.14. The maximum atomic E-state index is 6.48. The molecule has 4 N–H and O–H groups in total. The van der Waals surface area contributed by atoms with Gasteiger partial charge in [0, 0.05) is 38.9 Å². The standard InChI is InChI=1S/C20H22Cl2N4/c1-3-13-17(18-15(21)5-4-6-16(18)22)14(11-23)20(24)25-19(13)12-7-9-26(2)10-8-12/h1,4-6,11-12,17H,7-10,23H2,2H3,(H2,24,25)/b14-11-. The number of halogens is 2. The topological polar surface area (TPSA) is 67.6 Å². The Hall–Kier alpha value is -1.93. The quantitative estimate of drug-likeness (QED) is 0.761. The van der Waals surface area contributed by atoms with Crippen molar-refractivity contribution in [2.75, 3.05) is 20.1 Å². The van der Waals surface area contributed by atoms with E-state index in [4.69, 9.17) is 41.1 Å². The molecule has 1 atom stereocenters. The van der Waals surface area contributed by atoms with Crippen molar-refractivity contribution in [1.29, 1.82) is 0 Å². The molecule has 1 aromatic rings. The number of amidine groups is 1. The molecule has 2 aliphatic heterocycles. The summed E-state index contributed by atoms with van der Waals surface area (Å²) in [6, 6.07) is 5.39. The van der Waals surface area contributed by atoms with Crippen molar-refractivity contribution < 1.29 is 0 Å². The number of terminal acetylenes is 1. The summed E-state index contributed by atoms with van der Waals surface area (Å²) in [5.74, 6) is 3.10. The Bertz CT molecular complexity index is 820. The number of nitrogens with zero attached hydrogens (tertiary/aromatic N) is 2. The average molecular weight is 389 g/mol. The Morgan fingerprint density at radius 2 is 1.88 bits per heavy atom. The zero-order chi connectivity index (χ0) is 18.8. The van der Waals surface area contributed by atoms with Crippen LogP contribution in [0.15, 0.2) is 46.2 Å². The van der Waals surface area contributed by atoms with E-state index in [1.807, 2.05) is 0 Å². The van der Waals surface area contributed by atoms with E-state index in [1.165, 1.54) is 6.20 Å². The third kappa shape index (κ3) is 3.35. The monoisotopic (exact) mass is 388 g/mol. The molecule has 0 amide bonds. The highest BCUT2D eigenvalue weighted by Crippen LogP contribution is 2.45. The van der Waals surface area contributed by atoms with Gasteiger partial charge in [-0.05, 0) is 45.1 Å². The van der Waals surface area contributed by atoms with Gasteiger partial charge in [0.05, 0.1) is 11.6 Å². The number of piperidine rings is 1. The highest BCUT2D eigenvalue weighted by molar-refractivity contribution is 6.36. The number of aliphatic imine (C=N–C) groups is 1. The summed E-state index contributed by atoms with van der Waals surface area (Å²) < 4.78 is 0. The molecule has 0 saturated carbocycles. The maximum absolute atomic E-state index is 6.48. The summed E-state index contributed by atoms with van der Waals surface area (Å²) in [4.78, 5) is 6.95. The number of hydrogen-bond acceptors (Lipinski definition) is 4. The molecular weight excluding hydrogens is 367 g/mol. The fourth-order valence-electron chi connectivity index (χ4n) is 3.72. The zero-order valence-electron chi connectivity index (χ0n) is 14.7. The van der Waals surface area contributed by atoms with E-state index in [9.17, 15) is 0 Å². The molecule has 2 heterocycles. The van der Waals surface area contributed by atoms with Crippen LogP contribution in [0.2, 0.25) is 10.0 Å². The lowest BCUT2D eigenvalue weighted by Gasteiger charge is -2.34. The first-order valence-corrected chi connectivity index (χ1v) is 9.33. The van der Waals surface area contributed by atoms with E-state index in [0.29, 0.717) is 21.5 Å². The summed E-state index contributed by atoms with van der Waals surface area (Å²) in [6.45, 7) is 2.00. The van der Waals surface area contributed by atoms with Gasteiger partial charge in [-0.1, -0.05) is 35.2 Å². The van der Waals surface area contributed by atoms with E-state index in [0.717, 1.165) is 42.8 Å². The van der Waals surface area contributed by atoms with Crippen LogP contribution in [0.3, 0.4) is 0 Å². The van der Waals surface area contributed by atoms with Gasteiger partial charge in [0.25, 0.3) is 0 Å². The summed E-state index contributed by atoms with van der Waals surface area (Å²) >= 11 is 13.0. The Kier molecular flexibility index (Phi) is 5.62. The van der Waals surface area contributed by atoms with Crippen LogP contribution in [-0.2, 0) is 0 Å². The van der Waals surface area contributed by atoms with Gasteiger partial charge in [-0.25, -0.2) is 4.99 Å². The van der Waals surface area contributed by atoms with Gasteiger partial charge in [-0.3, -0.25) is 0 Å². The van der Waals surface area contributed by atoms with Crippen molar-refractivity contribution in [1.82, 2.24) is 4.90 Å². The highest BCUT2D eigenvalue weighted by Gasteiger charge is 2.35. The van der Waals surface area contributed by atoms with Gasteiger partial charge < -0.3 is 16.4 Å². The van der Waals surface area contributed by atoms with E-state index < -0.39 is 0 Å². The Balaban J connectivity index is 2.17. The minimum Gasteiger partial charge on any atom is -0.404 e. The molecule has 1 aromatic carbocycles. The molecule has 0 spiro atoms. The molecule has 2 aliphatic rings. The second kappa shape index (κ2) is 7.75. The Morgan fingerprint density at radius 3 is 2.42 bits per heavy atom. The Labute approximate surface area is 164 Å². The van der Waals surface area contributed by atoms with Gasteiger partial charge in [0.2, 0.25) is 0 Å². The van der Waals surface area contributed by atoms with Crippen LogP contribution in [0.1, 0.15) is 24.3 Å². The molecule has 4 nitrogen and oxygen atoms in total. The van der Waals surface area contributed by atoms with Crippen molar-refractivity contribution in [3.63, 3.8) is 0 Å². The fourth-order valence-corrected chi connectivity index (χ4v) is 4.34. The van der Waals surface area contributed by atoms with Crippen molar-refractivity contribution in [2.24, 2.45) is 22.4 Å². The second-order valence-corrected chi connectivity index (χ2v) is 7.52. The second-order valence-electron chi connectivity index (χ2n) is 6.71. The van der Waals surface area contributed by atoms with Crippen molar-refractivity contribution >= 4 is 29.0 Å². The zero-order valence-corrected chi connectivity index (χ0v) is 16.2. The van der Waals surface area contributed by atoms with Crippen LogP contribution < -0.4 is 11.5 Å². The van der Waals surface area contributed by atoms with Crippen LogP contribution >= 0.6 is 23.2 Å². The first-order chi connectivity index (χ1) is 12.5. The minimum absolute atomic E-state index is 0.263. The SMILES string of the molecule is C#CC1=C(C2CCN(C)CC2)N=C(N)/C(=C\N)C1c1c(Cl)cccc1Cl. The molecule has 3 rings (SSSR count). The van der Waals surface area contributed by atoms with Gasteiger partial charge in [0.1, 0.15) is 5.84 Å². The molecule has 1 unspecified atom stereocenters. The number of likely N-dealkylation sites (tertiary alicyclic amines) is 1. The Morgan fingerprint density at radius 1 is 1.27 bits per heavy atom. The molecule has 1 saturated heterocycles. The fraction of sp³-hybridized carbons (Fsp3) is 0.350. The lowest BCUT2D eigenvalue weighted by atomic mass is 9.78. The molecule has 1 fully saturated rings. The normalized spacial score (nSPS) is 23.8. The number of benzene rings is 1. The molecule has 6 heteroatoms. The average Bonchev–Trinajstić information content (AvgIpc) is 2.62. The summed E-state index contributed by atoms with van der Waals surface area (Å²) in [7, 11) is 2.12. The number of hydrogen-bond donors (Lipinski definition) is 2. The molecule has 0 aliphatic carbocycles. The maximum Gasteiger partial charge on any atom is 0.129 e. The molecular formula is C20H22Cl2N4. The number of rotatable bonds is 2. The molecule has 0 bridgehead atoms. The van der Waals surface area contributed by atoms with Gasteiger partial charge in [-0.2, -0.15) is 0 Å². The lowest BCUT2D eigenvalue weighted by Crippen LogP contribution is -2.34. The summed E-state index contributed by atoms with van der Waals surface area (Å²) in [5, 5.41) is 1.07. The smallest absolute Gasteiger partial charge is 0.129 e.